The molecule has 1 aromatic carbocycles. The summed E-state index contributed by atoms with van der Waals surface area (Å²) >= 11 is 0. The van der Waals surface area contributed by atoms with Crippen molar-refractivity contribution in [2.24, 2.45) is 5.92 Å². The summed E-state index contributed by atoms with van der Waals surface area (Å²) in [6, 6.07) is 10.2. The van der Waals surface area contributed by atoms with Crippen LogP contribution < -0.4 is 5.32 Å². The van der Waals surface area contributed by atoms with Crippen LogP contribution in [0.4, 0.5) is 4.79 Å². The van der Waals surface area contributed by atoms with Crippen molar-refractivity contribution < 1.29 is 19.0 Å². The zero-order valence-electron chi connectivity index (χ0n) is 14.9. The summed E-state index contributed by atoms with van der Waals surface area (Å²) < 4.78 is 16.8. The first-order chi connectivity index (χ1) is 11.4. The summed E-state index contributed by atoms with van der Waals surface area (Å²) in [5.41, 5.74) is 0.715. The molecule has 1 amide bonds. The van der Waals surface area contributed by atoms with E-state index in [1.807, 2.05) is 39.0 Å². The summed E-state index contributed by atoms with van der Waals surface area (Å²) in [5.74, 6) is 0.423. The Balaban J connectivity index is 1.57. The van der Waals surface area contributed by atoms with Crippen LogP contribution in [0.2, 0.25) is 0 Å². The first kappa shape index (κ1) is 18.7. The Morgan fingerprint density at radius 1 is 1.25 bits per heavy atom. The molecule has 2 rings (SSSR count). The van der Waals surface area contributed by atoms with E-state index in [9.17, 15) is 4.79 Å². The molecule has 0 spiro atoms. The Labute approximate surface area is 144 Å². The van der Waals surface area contributed by atoms with Gasteiger partial charge in [-0.05, 0) is 39.2 Å². The molecule has 1 fully saturated rings. The molecule has 1 saturated heterocycles. The second kappa shape index (κ2) is 9.04. The van der Waals surface area contributed by atoms with Crippen LogP contribution in [-0.2, 0) is 20.8 Å². The molecule has 5 nitrogen and oxygen atoms in total. The fourth-order valence-electron chi connectivity index (χ4n) is 2.58. The smallest absolute Gasteiger partial charge is 0.407 e. The van der Waals surface area contributed by atoms with Crippen molar-refractivity contribution in [3.8, 4) is 0 Å². The lowest BCUT2D eigenvalue weighted by Gasteiger charge is -2.29. The zero-order valence-corrected chi connectivity index (χ0v) is 14.9. The molecule has 24 heavy (non-hydrogen) atoms. The van der Waals surface area contributed by atoms with Gasteiger partial charge in [0.1, 0.15) is 5.60 Å². The van der Waals surface area contributed by atoms with E-state index in [2.05, 4.69) is 17.4 Å². The van der Waals surface area contributed by atoms with E-state index in [1.165, 1.54) is 5.56 Å². The fourth-order valence-corrected chi connectivity index (χ4v) is 2.58. The molecular formula is C19H29NO4. The molecule has 1 aromatic rings. The molecule has 0 bridgehead atoms. The van der Waals surface area contributed by atoms with Crippen LogP contribution in [0.25, 0.3) is 0 Å². The minimum Gasteiger partial charge on any atom is -0.444 e. The lowest BCUT2D eigenvalue weighted by molar-refractivity contribution is -0.0440. The lowest BCUT2D eigenvalue weighted by atomic mass is 9.99. The molecule has 0 aromatic heterocycles. The minimum atomic E-state index is -0.474. The van der Waals surface area contributed by atoms with Gasteiger partial charge in [0, 0.05) is 12.5 Å². The maximum atomic E-state index is 11.6. The number of rotatable bonds is 6. The van der Waals surface area contributed by atoms with Crippen molar-refractivity contribution in [2.45, 2.75) is 51.9 Å². The average Bonchev–Trinajstić information content (AvgIpc) is 2.53. The number of alkyl carbamates (subject to hydrolysis) is 1. The number of hydrogen-bond acceptors (Lipinski definition) is 4. The van der Waals surface area contributed by atoms with Crippen LogP contribution in [0.15, 0.2) is 30.3 Å². The van der Waals surface area contributed by atoms with Crippen molar-refractivity contribution >= 4 is 6.09 Å². The minimum absolute atomic E-state index is 0.0582. The molecule has 1 aliphatic heterocycles. The maximum absolute atomic E-state index is 11.6. The van der Waals surface area contributed by atoms with E-state index in [0.29, 0.717) is 32.3 Å². The normalized spacial score (nSPS) is 21.3. The first-order valence-corrected chi connectivity index (χ1v) is 8.62. The number of nitrogens with one attached hydrogen (secondary N) is 1. The van der Waals surface area contributed by atoms with Gasteiger partial charge in [-0.15, -0.1) is 0 Å². The third-order valence-electron chi connectivity index (χ3n) is 3.80. The standard InChI is InChI=1S/C19H29NO4/c1-19(2,3)24-18(21)20-11-17-10-9-16(14-23-17)13-22-12-15-7-5-4-6-8-15/h4-8,16-17H,9-14H2,1-3H3,(H,20,21)/t16-,17?/m0/s1. The average molecular weight is 335 g/mol. The Kier molecular flexibility index (Phi) is 7.06. The molecule has 134 valence electrons. The third-order valence-corrected chi connectivity index (χ3v) is 3.80. The van der Waals surface area contributed by atoms with Crippen LogP contribution in [0.5, 0.6) is 0 Å². The van der Waals surface area contributed by atoms with Gasteiger partial charge in [0.2, 0.25) is 0 Å². The summed E-state index contributed by atoms with van der Waals surface area (Å²) in [5, 5.41) is 2.77. The predicted octanol–water partition coefficient (Wildman–Crippen LogP) is 3.52. The molecule has 1 aliphatic rings. The fraction of sp³-hybridized carbons (Fsp3) is 0.632. The molecule has 5 heteroatoms. The van der Waals surface area contributed by atoms with Crippen molar-refractivity contribution in [3.63, 3.8) is 0 Å². The Morgan fingerprint density at radius 2 is 2.00 bits per heavy atom. The molecule has 1 N–H and O–H groups in total. The Bertz CT molecular complexity index is 490. The number of carbonyl (C=O) groups excluding carboxylic acids is 1. The predicted molar refractivity (Wildman–Crippen MR) is 92.8 cm³/mol. The summed E-state index contributed by atoms with van der Waals surface area (Å²) in [4.78, 5) is 11.6. The topological polar surface area (TPSA) is 56.8 Å². The van der Waals surface area contributed by atoms with Gasteiger partial charge in [0.05, 0.1) is 25.9 Å². The van der Waals surface area contributed by atoms with Crippen molar-refractivity contribution in [2.75, 3.05) is 19.8 Å². The Morgan fingerprint density at radius 3 is 2.62 bits per heavy atom. The number of benzene rings is 1. The molecule has 1 heterocycles. The number of carbonyl (C=O) groups is 1. The van der Waals surface area contributed by atoms with Gasteiger partial charge >= 0.3 is 6.09 Å². The number of hydrogen-bond donors (Lipinski definition) is 1. The molecule has 0 radical (unpaired) electrons. The van der Waals surface area contributed by atoms with Gasteiger partial charge in [-0.25, -0.2) is 4.79 Å². The van der Waals surface area contributed by atoms with Crippen molar-refractivity contribution in [3.05, 3.63) is 35.9 Å². The highest BCUT2D eigenvalue weighted by molar-refractivity contribution is 5.67. The molecule has 0 saturated carbocycles. The van der Waals surface area contributed by atoms with E-state index in [-0.39, 0.29) is 12.2 Å². The second-order valence-corrected chi connectivity index (χ2v) is 7.28. The summed E-state index contributed by atoms with van der Waals surface area (Å²) in [7, 11) is 0. The van der Waals surface area contributed by atoms with Crippen molar-refractivity contribution in [1.82, 2.24) is 5.32 Å². The highest BCUT2D eigenvalue weighted by atomic mass is 16.6. The van der Waals surface area contributed by atoms with Crippen molar-refractivity contribution in [1.29, 1.82) is 0 Å². The first-order valence-electron chi connectivity index (χ1n) is 8.62. The van der Waals surface area contributed by atoms with E-state index in [4.69, 9.17) is 14.2 Å². The van der Waals surface area contributed by atoms with E-state index in [1.54, 1.807) is 0 Å². The van der Waals surface area contributed by atoms with Gasteiger partial charge in [0.15, 0.2) is 0 Å². The number of ether oxygens (including phenoxy) is 3. The second-order valence-electron chi connectivity index (χ2n) is 7.28. The molecular weight excluding hydrogens is 306 g/mol. The Hall–Kier alpha value is -1.59. The monoisotopic (exact) mass is 335 g/mol. The van der Waals surface area contributed by atoms with E-state index < -0.39 is 5.60 Å². The molecule has 0 aliphatic carbocycles. The largest absolute Gasteiger partial charge is 0.444 e. The zero-order chi connectivity index (χ0) is 17.4. The number of amides is 1. The lowest BCUT2D eigenvalue weighted by Crippen LogP contribution is -2.40. The van der Waals surface area contributed by atoms with Gasteiger partial charge in [-0.3, -0.25) is 0 Å². The summed E-state index contributed by atoms with van der Waals surface area (Å²) in [6.45, 7) is 8.07. The van der Waals surface area contributed by atoms with E-state index >= 15 is 0 Å². The molecule has 2 atom stereocenters. The van der Waals surface area contributed by atoms with Crippen LogP contribution in [0, 0.1) is 5.92 Å². The molecule has 1 unspecified atom stereocenters. The maximum Gasteiger partial charge on any atom is 0.407 e. The third kappa shape index (κ3) is 7.32. The van der Waals surface area contributed by atoms with Gasteiger partial charge in [0.25, 0.3) is 0 Å². The quantitative estimate of drug-likeness (QED) is 0.864. The highest BCUT2D eigenvalue weighted by Crippen LogP contribution is 2.19. The van der Waals surface area contributed by atoms with Crippen LogP contribution in [0.1, 0.15) is 39.2 Å². The van der Waals surface area contributed by atoms with Gasteiger partial charge in [-0.1, -0.05) is 30.3 Å². The highest BCUT2D eigenvalue weighted by Gasteiger charge is 2.23. The van der Waals surface area contributed by atoms with Crippen LogP contribution in [-0.4, -0.2) is 37.6 Å². The van der Waals surface area contributed by atoms with Gasteiger partial charge < -0.3 is 19.5 Å². The SMILES string of the molecule is CC(C)(C)OC(=O)NCC1CC[C@@H](COCc2ccccc2)CO1. The van der Waals surface area contributed by atoms with E-state index in [0.717, 1.165) is 12.8 Å². The van der Waals surface area contributed by atoms with Gasteiger partial charge in [-0.2, -0.15) is 0 Å². The summed E-state index contributed by atoms with van der Waals surface area (Å²) in [6.07, 6.45) is 1.65. The van der Waals surface area contributed by atoms with Crippen LogP contribution in [0.3, 0.4) is 0 Å². The van der Waals surface area contributed by atoms with Crippen LogP contribution >= 0.6 is 0 Å².